The number of amides is 1. The molecule has 1 unspecified atom stereocenters. The summed E-state index contributed by atoms with van der Waals surface area (Å²) in [6, 6.07) is 25.9. The third-order valence-corrected chi connectivity index (χ3v) is 8.52. The van der Waals surface area contributed by atoms with Crippen LogP contribution in [-0.4, -0.2) is 35.0 Å². The van der Waals surface area contributed by atoms with Gasteiger partial charge in [0.05, 0.1) is 35.0 Å². The van der Waals surface area contributed by atoms with Crippen LogP contribution in [0.1, 0.15) is 36.6 Å². The second-order valence-electron chi connectivity index (χ2n) is 10.1. The van der Waals surface area contributed by atoms with Gasteiger partial charge in [0, 0.05) is 10.6 Å². The van der Waals surface area contributed by atoms with E-state index in [1.807, 2.05) is 62.4 Å². The molecule has 0 radical (unpaired) electrons. The number of aliphatic hydroxyl groups excluding tert-OH is 1. The normalized spacial score (nSPS) is 15.9. The number of Topliss-reactive ketones (excluding diaryl/α,β-unsaturated/α-hetero) is 1. The zero-order valence-electron chi connectivity index (χ0n) is 24.5. The van der Waals surface area contributed by atoms with E-state index >= 15 is 0 Å². The van der Waals surface area contributed by atoms with Crippen molar-refractivity contribution in [1.82, 2.24) is 4.98 Å². The molecule has 1 saturated heterocycles. The van der Waals surface area contributed by atoms with Crippen LogP contribution in [0.25, 0.3) is 16.0 Å². The molecule has 1 aliphatic rings. The number of halogens is 1. The van der Waals surface area contributed by atoms with Gasteiger partial charge in [0.25, 0.3) is 5.78 Å². The first kappa shape index (κ1) is 30.2. The minimum Gasteiger partial charge on any atom is -0.507 e. The lowest BCUT2D eigenvalue weighted by Gasteiger charge is -2.24. The van der Waals surface area contributed by atoms with E-state index in [0.29, 0.717) is 63.9 Å². The predicted molar refractivity (Wildman–Crippen MR) is 175 cm³/mol. The number of fused-ring (bicyclic) bond motifs is 1. The zero-order chi connectivity index (χ0) is 31.5. The average Bonchev–Trinajstić information content (AvgIpc) is 3.58. The fourth-order valence-corrected chi connectivity index (χ4v) is 6.33. The minimum atomic E-state index is -1.00. The highest BCUT2D eigenvalue weighted by molar-refractivity contribution is 7.22. The highest BCUT2D eigenvalue weighted by Gasteiger charge is 2.48. The molecule has 0 aliphatic carbocycles. The second-order valence-corrected chi connectivity index (χ2v) is 11.6. The smallest absolute Gasteiger partial charge is 0.301 e. The van der Waals surface area contributed by atoms with Gasteiger partial charge in [-0.25, -0.2) is 4.98 Å². The molecular weight excluding hydrogens is 612 g/mol. The van der Waals surface area contributed by atoms with Gasteiger partial charge in [-0.3, -0.25) is 14.5 Å². The Kier molecular flexibility index (Phi) is 8.73. The Morgan fingerprint density at radius 2 is 1.64 bits per heavy atom. The topological polar surface area (TPSA) is 98.2 Å². The molecule has 0 bridgehead atoms. The number of carbonyl (C=O) groups is 2. The van der Waals surface area contributed by atoms with Crippen molar-refractivity contribution in [2.45, 2.75) is 26.5 Å². The van der Waals surface area contributed by atoms with Crippen LogP contribution >= 0.6 is 22.9 Å². The molecule has 2 heterocycles. The van der Waals surface area contributed by atoms with E-state index in [0.717, 1.165) is 10.3 Å². The summed E-state index contributed by atoms with van der Waals surface area (Å²) in [5.74, 6) is -0.337. The Labute approximate surface area is 269 Å². The molecular formula is C35H29ClN2O6S. The maximum absolute atomic E-state index is 13.8. The van der Waals surface area contributed by atoms with E-state index in [4.69, 9.17) is 30.8 Å². The number of thiazole rings is 1. The first-order valence-corrected chi connectivity index (χ1v) is 15.6. The highest BCUT2D eigenvalue weighted by Crippen LogP contribution is 2.46. The summed E-state index contributed by atoms with van der Waals surface area (Å²) >= 11 is 7.34. The summed E-state index contributed by atoms with van der Waals surface area (Å²) in [7, 11) is 0. The monoisotopic (exact) mass is 640 g/mol. The van der Waals surface area contributed by atoms with Crippen LogP contribution in [0.4, 0.5) is 5.13 Å². The van der Waals surface area contributed by atoms with Crippen LogP contribution in [0.2, 0.25) is 5.02 Å². The van der Waals surface area contributed by atoms with Crippen molar-refractivity contribution >= 4 is 55.7 Å². The largest absolute Gasteiger partial charge is 0.507 e. The molecule has 1 fully saturated rings. The maximum atomic E-state index is 13.8. The van der Waals surface area contributed by atoms with Crippen molar-refractivity contribution in [3.63, 3.8) is 0 Å². The van der Waals surface area contributed by atoms with Crippen molar-refractivity contribution < 1.29 is 28.9 Å². The van der Waals surface area contributed by atoms with Crippen LogP contribution in [0, 0.1) is 0 Å². The summed E-state index contributed by atoms with van der Waals surface area (Å²) in [6.07, 6.45) is 0. The number of hydrogen-bond donors (Lipinski definition) is 1. The number of ether oxygens (including phenoxy) is 3. The third kappa shape index (κ3) is 6.09. The second kappa shape index (κ2) is 13.0. The van der Waals surface area contributed by atoms with E-state index in [1.165, 1.54) is 16.2 Å². The number of rotatable bonds is 10. The van der Waals surface area contributed by atoms with Crippen molar-refractivity contribution in [3.05, 3.63) is 118 Å². The van der Waals surface area contributed by atoms with Gasteiger partial charge in [0.1, 0.15) is 18.1 Å². The lowest BCUT2D eigenvalue weighted by atomic mass is 9.95. The van der Waals surface area contributed by atoms with Gasteiger partial charge < -0.3 is 19.3 Å². The fraction of sp³-hybridized carbons (Fsp3) is 0.171. The van der Waals surface area contributed by atoms with Crippen molar-refractivity contribution in [3.8, 4) is 17.2 Å². The van der Waals surface area contributed by atoms with Gasteiger partial charge in [-0.05, 0) is 79.6 Å². The molecule has 45 heavy (non-hydrogen) atoms. The Morgan fingerprint density at radius 1 is 0.889 bits per heavy atom. The zero-order valence-corrected chi connectivity index (χ0v) is 26.1. The van der Waals surface area contributed by atoms with E-state index in [1.54, 1.807) is 42.5 Å². The number of hydrogen-bond acceptors (Lipinski definition) is 8. The quantitative estimate of drug-likeness (QED) is 0.0939. The van der Waals surface area contributed by atoms with Gasteiger partial charge in [-0.2, -0.15) is 0 Å². The van der Waals surface area contributed by atoms with E-state index in [2.05, 4.69) is 0 Å². The van der Waals surface area contributed by atoms with Crippen LogP contribution in [0.15, 0.2) is 96.6 Å². The molecule has 4 aromatic carbocycles. The van der Waals surface area contributed by atoms with Crippen LogP contribution in [-0.2, 0) is 16.2 Å². The standard InChI is InChI=1S/C35H29ClN2O6S/c1-3-42-25-15-16-26-29(19-25)45-35(37-26)38-31(30(33(40)34(38)41)32(39)22-10-13-24(36)14-11-22)23-12-17-27(28(18-23)43-4-2)44-20-21-8-6-5-7-9-21/h5-19,31,39H,3-4,20H2,1-2H3/b32-30+. The molecule has 1 amide bonds. The fourth-order valence-electron chi connectivity index (χ4n) is 5.18. The summed E-state index contributed by atoms with van der Waals surface area (Å²) < 4.78 is 18.5. The summed E-state index contributed by atoms with van der Waals surface area (Å²) in [6.45, 7) is 4.94. The number of ketones is 1. The lowest BCUT2D eigenvalue weighted by Crippen LogP contribution is -2.29. The SMILES string of the molecule is CCOc1ccc2nc(N3C(=O)C(=O)/C(=C(/O)c4ccc(Cl)cc4)C3c3ccc(OCc4ccccc4)c(OCC)c3)sc2c1. The van der Waals surface area contributed by atoms with Gasteiger partial charge in [-0.1, -0.05) is 59.3 Å². The van der Waals surface area contributed by atoms with Crippen LogP contribution in [0.3, 0.4) is 0 Å². The highest BCUT2D eigenvalue weighted by atomic mass is 35.5. The predicted octanol–water partition coefficient (Wildman–Crippen LogP) is 7.95. The summed E-state index contributed by atoms with van der Waals surface area (Å²) in [5.41, 5.74) is 2.45. The number of aromatic nitrogens is 1. The molecule has 1 aromatic heterocycles. The Bertz CT molecular complexity index is 1910. The molecule has 6 rings (SSSR count). The van der Waals surface area contributed by atoms with Gasteiger partial charge in [0.15, 0.2) is 16.6 Å². The first-order chi connectivity index (χ1) is 21.9. The summed E-state index contributed by atoms with van der Waals surface area (Å²) in [4.78, 5) is 33.5. The van der Waals surface area contributed by atoms with Gasteiger partial charge in [-0.15, -0.1) is 0 Å². The number of nitrogens with zero attached hydrogens (tertiary/aromatic N) is 2. The van der Waals surface area contributed by atoms with E-state index in [-0.39, 0.29) is 11.3 Å². The molecule has 1 atom stereocenters. The number of carbonyl (C=O) groups excluding carboxylic acids is 2. The summed E-state index contributed by atoms with van der Waals surface area (Å²) in [5, 5.41) is 12.3. The molecule has 1 aliphatic heterocycles. The van der Waals surface area contributed by atoms with E-state index < -0.39 is 17.7 Å². The Balaban J connectivity index is 1.48. The Morgan fingerprint density at radius 3 is 2.38 bits per heavy atom. The molecule has 228 valence electrons. The molecule has 1 N–H and O–H groups in total. The molecule has 0 spiro atoms. The number of anilines is 1. The maximum Gasteiger partial charge on any atom is 0.301 e. The van der Waals surface area contributed by atoms with Crippen molar-refractivity contribution in [1.29, 1.82) is 0 Å². The molecule has 5 aromatic rings. The first-order valence-electron chi connectivity index (χ1n) is 14.4. The number of aliphatic hydroxyl groups is 1. The minimum absolute atomic E-state index is 0.0722. The Hall–Kier alpha value is -4.86. The van der Waals surface area contributed by atoms with Crippen molar-refractivity contribution in [2.24, 2.45) is 0 Å². The lowest BCUT2D eigenvalue weighted by molar-refractivity contribution is -0.132. The van der Waals surface area contributed by atoms with Crippen LogP contribution < -0.4 is 19.1 Å². The molecule has 0 saturated carbocycles. The number of benzene rings is 4. The third-order valence-electron chi connectivity index (χ3n) is 7.25. The van der Waals surface area contributed by atoms with E-state index in [9.17, 15) is 14.7 Å². The van der Waals surface area contributed by atoms with Crippen molar-refractivity contribution in [2.75, 3.05) is 18.1 Å². The average molecular weight is 641 g/mol. The molecule has 8 nitrogen and oxygen atoms in total. The van der Waals surface area contributed by atoms with Gasteiger partial charge >= 0.3 is 5.91 Å². The molecule has 10 heteroatoms. The van der Waals surface area contributed by atoms with Gasteiger partial charge in [0.2, 0.25) is 0 Å². The van der Waals surface area contributed by atoms with Crippen LogP contribution in [0.5, 0.6) is 17.2 Å².